The third kappa shape index (κ3) is 4.74. The van der Waals surface area contributed by atoms with E-state index in [0.29, 0.717) is 11.8 Å². The number of thioether (sulfide) groups is 1. The second-order valence-corrected chi connectivity index (χ2v) is 5.37. The summed E-state index contributed by atoms with van der Waals surface area (Å²) in [6.45, 7) is 2.40. The maximum Gasteiger partial charge on any atom is 0.314 e. The van der Waals surface area contributed by atoms with Crippen LogP contribution in [-0.4, -0.2) is 41.2 Å². The highest BCUT2D eigenvalue weighted by Crippen LogP contribution is 2.25. The summed E-state index contributed by atoms with van der Waals surface area (Å²) in [6.07, 6.45) is 2.37. The van der Waals surface area contributed by atoms with Crippen LogP contribution >= 0.6 is 11.8 Å². The maximum atomic E-state index is 11.3. The molecule has 2 amide bonds. The van der Waals surface area contributed by atoms with Gasteiger partial charge in [0.2, 0.25) is 0 Å². The Hall–Kier alpha value is -0.910. The van der Waals surface area contributed by atoms with Crippen molar-refractivity contribution in [2.75, 3.05) is 18.8 Å². The number of rotatable bonds is 5. The number of amides is 2. The lowest BCUT2D eigenvalue weighted by molar-refractivity contribution is -0.140. The largest absolute Gasteiger partial charge is 0.481 e. The van der Waals surface area contributed by atoms with Gasteiger partial charge in [0.1, 0.15) is 0 Å². The number of carbonyl (C=O) groups excluding carboxylic acids is 1. The van der Waals surface area contributed by atoms with Gasteiger partial charge >= 0.3 is 12.0 Å². The van der Waals surface area contributed by atoms with Crippen LogP contribution in [0, 0.1) is 5.92 Å². The number of hydrogen-bond donors (Lipinski definition) is 3. The summed E-state index contributed by atoms with van der Waals surface area (Å²) in [7, 11) is 0. The van der Waals surface area contributed by atoms with E-state index in [4.69, 9.17) is 5.11 Å². The Morgan fingerprint density at radius 3 is 2.81 bits per heavy atom. The average molecular weight is 246 g/mol. The first-order chi connectivity index (χ1) is 7.59. The molecular weight excluding hydrogens is 228 g/mol. The van der Waals surface area contributed by atoms with Crippen molar-refractivity contribution >= 4 is 23.8 Å². The number of carbonyl (C=O) groups is 2. The molecule has 1 fully saturated rings. The molecule has 1 saturated heterocycles. The van der Waals surface area contributed by atoms with Crippen molar-refractivity contribution in [2.45, 2.75) is 25.0 Å². The highest BCUT2D eigenvalue weighted by atomic mass is 32.2. The molecule has 0 aromatic rings. The second-order valence-electron chi connectivity index (χ2n) is 3.97. The molecule has 1 heterocycles. The van der Waals surface area contributed by atoms with Gasteiger partial charge in [-0.25, -0.2) is 4.79 Å². The number of urea groups is 1. The number of hydrogen-bond acceptors (Lipinski definition) is 3. The Balaban J connectivity index is 2.08. The van der Waals surface area contributed by atoms with Crippen molar-refractivity contribution in [3.05, 3.63) is 0 Å². The summed E-state index contributed by atoms with van der Waals surface area (Å²) in [5, 5.41) is 14.4. The van der Waals surface area contributed by atoms with E-state index in [9.17, 15) is 9.59 Å². The van der Waals surface area contributed by atoms with E-state index in [2.05, 4.69) is 10.6 Å². The zero-order chi connectivity index (χ0) is 12.0. The van der Waals surface area contributed by atoms with Crippen LogP contribution in [0.3, 0.4) is 0 Å². The van der Waals surface area contributed by atoms with E-state index in [-0.39, 0.29) is 12.6 Å². The first kappa shape index (κ1) is 13.2. The molecule has 1 rings (SSSR count). The summed E-state index contributed by atoms with van der Waals surface area (Å²) in [6, 6.07) is -0.277. The summed E-state index contributed by atoms with van der Waals surface area (Å²) >= 11 is 1.88. The molecule has 1 aliphatic heterocycles. The van der Waals surface area contributed by atoms with Gasteiger partial charge in [0.15, 0.2) is 0 Å². The van der Waals surface area contributed by atoms with Crippen molar-refractivity contribution in [1.29, 1.82) is 0 Å². The minimum atomic E-state index is -0.897. The average Bonchev–Trinajstić information content (AvgIpc) is 2.75. The molecule has 0 radical (unpaired) electrons. The molecule has 5 nitrogen and oxygen atoms in total. The van der Waals surface area contributed by atoms with Crippen LogP contribution in [0.2, 0.25) is 0 Å². The van der Waals surface area contributed by atoms with Gasteiger partial charge in [-0.15, -0.1) is 0 Å². The normalized spacial score (nSPS) is 21.4. The Labute approximate surface area is 99.4 Å². The lowest BCUT2D eigenvalue weighted by Gasteiger charge is -2.12. The van der Waals surface area contributed by atoms with Crippen molar-refractivity contribution in [3.63, 3.8) is 0 Å². The first-order valence-electron chi connectivity index (χ1n) is 5.45. The molecule has 6 heteroatoms. The Bertz CT molecular complexity index is 254. The standard InChI is InChI=1S/C10H18N2O3S/c1-7(9(13)14)5-11-10(15)12-6-8-3-2-4-16-8/h7-8H,2-6H2,1H3,(H,13,14)(H2,11,12,15). The summed E-state index contributed by atoms with van der Waals surface area (Å²) in [5.74, 6) is -0.275. The molecule has 3 N–H and O–H groups in total. The minimum Gasteiger partial charge on any atom is -0.481 e. The Morgan fingerprint density at radius 1 is 1.50 bits per heavy atom. The van der Waals surface area contributed by atoms with Crippen molar-refractivity contribution in [2.24, 2.45) is 5.92 Å². The molecule has 0 saturated carbocycles. The minimum absolute atomic E-state index is 0.166. The summed E-state index contributed by atoms with van der Waals surface area (Å²) < 4.78 is 0. The monoisotopic (exact) mass is 246 g/mol. The number of carboxylic acids is 1. The van der Waals surface area contributed by atoms with Gasteiger partial charge in [0.25, 0.3) is 0 Å². The van der Waals surface area contributed by atoms with Crippen LogP contribution in [0.1, 0.15) is 19.8 Å². The van der Waals surface area contributed by atoms with Gasteiger partial charge in [0.05, 0.1) is 5.92 Å². The van der Waals surface area contributed by atoms with E-state index in [0.717, 1.165) is 6.42 Å². The van der Waals surface area contributed by atoms with Gasteiger partial charge in [-0.05, 0) is 18.6 Å². The van der Waals surface area contributed by atoms with E-state index < -0.39 is 11.9 Å². The molecule has 92 valence electrons. The van der Waals surface area contributed by atoms with E-state index >= 15 is 0 Å². The van der Waals surface area contributed by atoms with Gasteiger partial charge in [-0.1, -0.05) is 6.92 Å². The molecule has 0 aliphatic carbocycles. The smallest absolute Gasteiger partial charge is 0.314 e. The molecule has 0 aromatic heterocycles. The van der Waals surface area contributed by atoms with Gasteiger partial charge < -0.3 is 15.7 Å². The fourth-order valence-corrected chi connectivity index (χ4v) is 2.61. The predicted molar refractivity (Wildman–Crippen MR) is 63.7 cm³/mol. The fourth-order valence-electron chi connectivity index (χ4n) is 1.41. The number of nitrogens with one attached hydrogen (secondary N) is 2. The zero-order valence-electron chi connectivity index (χ0n) is 9.36. The molecule has 0 bridgehead atoms. The first-order valence-corrected chi connectivity index (χ1v) is 6.50. The third-order valence-electron chi connectivity index (χ3n) is 2.50. The van der Waals surface area contributed by atoms with Gasteiger partial charge in [-0.2, -0.15) is 11.8 Å². The lowest BCUT2D eigenvalue weighted by atomic mass is 10.2. The number of carboxylic acid groups (broad SMARTS) is 1. The Kier molecular flexibility index (Phi) is 5.45. The zero-order valence-corrected chi connectivity index (χ0v) is 10.2. The maximum absolute atomic E-state index is 11.3. The van der Waals surface area contributed by atoms with Crippen LogP contribution in [0.15, 0.2) is 0 Å². The molecule has 2 unspecified atom stereocenters. The van der Waals surface area contributed by atoms with Crippen LogP contribution < -0.4 is 10.6 Å². The predicted octanol–water partition coefficient (Wildman–Crippen LogP) is 0.902. The van der Waals surface area contributed by atoms with Gasteiger partial charge in [0, 0.05) is 18.3 Å². The summed E-state index contributed by atoms with van der Waals surface area (Å²) in [5.41, 5.74) is 0. The second kappa shape index (κ2) is 6.62. The van der Waals surface area contributed by atoms with Crippen LogP contribution in [0.4, 0.5) is 4.79 Å². The lowest BCUT2D eigenvalue weighted by Crippen LogP contribution is -2.41. The quantitative estimate of drug-likeness (QED) is 0.673. The molecular formula is C10H18N2O3S. The molecule has 1 aliphatic rings. The fraction of sp³-hybridized carbons (Fsp3) is 0.800. The highest BCUT2D eigenvalue weighted by molar-refractivity contribution is 8.00. The highest BCUT2D eigenvalue weighted by Gasteiger charge is 2.16. The molecule has 16 heavy (non-hydrogen) atoms. The van der Waals surface area contributed by atoms with Crippen LogP contribution in [0.25, 0.3) is 0 Å². The molecule has 0 aromatic carbocycles. The number of aliphatic carboxylic acids is 1. The Morgan fingerprint density at radius 2 is 2.25 bits per heavy atom. The third-order valence-corrected chi connectivity index (χ3v) is 3.90. The van der Waals surface area contributed by atoms with Crippen molar-refractivity contribution in [1.82, 2.24) is 10.6 Å². The summed E-state index contributed by atoms with van der Waals surface area (Å²) in [4.78, 5) is 21.8. The van der Waals surface area contributed by atoms with Crippen LogP contribution in [0.5, 0.6) is 0 Å². The topological polar surface area (TPSA) is 78.4 Å². The molecule has 2 atom stereocenters. The molecule has 0 spiro atoms. The van der Waals surface area contributed by atoms with E-state index in [1.165, 1.54) is 12.2 Å². The van der Waals surface area contributed by atoms with Crippen LogP contribution in [-0.2, 0) is 4.79 Å². The SMILES string of the molecule is CC(CNC(=O)NCC1CCCS1)C(=O)O. The van der Waals surface area contributed by atoms with Crippen molar-refractivity contribution < 1.29 is 14.7 Å². The van der Waals surface area contributed by atoms with E-state index in [1.54, 1.807) is 6.92 Å². The van der Waals surface area contributed by atoms with Crippen molar-refractivity contribution in [3.8, 4) is 0 Å². The van der Waals surface area contributed by atoms with Gasteiger partial charge in [-0.3, -0.25) is 4.79 Å². The van der Waals surface area contributed by atoms with E-state index in [1.807, 2.05) is 11.8 Å².